The topological polar surface area (TPSA) is 61.4 Å². The van der Waals surface area contributed by atoms with Crippen LogP contribution in [0.5, 0.6) is 0 Å². The fourth-order valence-electron chi connectivity index (χ4n) is 3.88. The first-order valence-electron chi connectivity index (χ1n) is 10.6. The van der Waals surface area contributed by atoms with E-state index in [1.165, 1.54) is 6.92 Å². The van der Waals surface area contributed by atoms with E-state index < -0.39 is 51.7 Å². The van der Waals surface area contributed by atoms with Crippen LogP contribution in [0.4, 0.5) is 32.0 Å². The van der Waals surface area contributed by atoms with Crippen LogP contribution in [-0.2, 0) is 16.2 Å². The van der Waals surface area contributed by atoms with E-state index in [1.54, 1.807) is 0 Å². The van der Waals surface area contributed by atoms with Crippen LogP contribution in [0.2, 0.25) is 0 Å². The molecule has 2 N–H and O–H groups in total. The Hall–Kier alpha value is -1.53. The van der Waals surface area contributed by atoms with E-state index in [0.29, 0.717) is 24.9 Å². The number of nitrogens with one attached hydrogen (secondary N) is 2. The molecule has 1 atom stereocenters. The SMILES string of the molecule is CC(CCC(F)(F)F)NS(=O)(=O)c1cc(C(F)(F)F)ccc1NC1CCN(C2CC2)CC1. The molecule has 1 unspecified atom stereocenters. The van der Waals surface area contributed by atoms with Crippen LogP contribution in [0, 0.1) is 0 Å². The lowest BCUT2D eigenvalue weighted by Gasteiger charge is -2.33. The van der Waals surface area contributed by atoms with Crippen molar-refractivity contribution in [1.82, 2.24) is 9.62 Å². The zero-order valence-corrected chi connectivity index (χ0v) is 18.4. The summed E-state index contributed by atoms with van der Waals surface area (Å²) in [5, 5.41) is 3.05. The second-order valence-electron chi connectivity index (χ2n) is 8.57. The number of alkyl halides is 6. The first kappa shape index (κ1) is 25.1. The minimum atomic E-state index is -4.76. The van der Waals surface area contributed by atoms with Crippen molar-refractivity contribution in [2.75, 3.05) is 18.4 Å². The van der Waals surface area contributed by atoms with Gasteiger partial charge in [-0.3, -0.25) is 0 Å². The Morgan fingerprint density at radius 1 is 1.06 bits per heavy atom. The number of halogens is 6. The molecule has 0 radical (unpaired) electrons. The molecule has 1 aromatic rings. The summed E-state index contributed by atoms with van der Waals surface area (Å²) in [6.07, 6.45) is -7.19. The van der Waals surface area contributed by atoms with E-state index in [9.17, 15) is 34.8 Å². The zero-order valence-electron chi connectivity index (χ0n) is 17.6. The lowest BCUT2D eigenvalue weighted by Crippen LogP contribution is -2.40. The normalized spacial score (nSPS) is 20.3. The third kappa shape index (κ3) is 6.98. The molecule has 2 aliphatic rings. The van der Waals surface area contributed by atoms with Crippen molar-refractivity contribution in [1.29, 1.82) is 0 Å². The summed E-state index contributed by atoms with van der Waals surface area (Å²) in [4.78, 5) is 1.74. The Labute approximate surface area is 183 Å². The maximum atomic E-state index is 13.2. The fourth-order valence-corrected chi connectivity index (χ4v) is 5.35. The highest BCUT2D eigenvalue weighted by Crippen LogP contribution is 2.35. The molecular formula is C20H27F6N3O2S. The number of anilines is 1. The molecule has 1 aliphatic carbocycles. The molecule has 1 heterocycles. The van der Waals surface area contributed by atoms with Gasteiger partial charge in [0.25, 0.3) is 0 Å². The third-order valence-corrected chi connectivity index (χ3v) is 7.40. The summed E-state index contributed by atoms with van der Waals surface area (Å²) in [6, 6.07) is 1.78. The van der Waals surface area contributed by atoms with Gasteiger partial charge < -0.3 is 10.2 Å². The molecule has 0 aromatic heterocycles. The van der Waals surface area contributed by atoms with Gasteiger partial charge in [-0.1, -0.05) is 0 Å². The molecule has 3 rings (SSSR count). The van der Waals surface area contributed by atoms with Crippen LogP contribution in [0.15, 0.2) is 23.1 Å². The minimum Gasteiger partial charge on any atom is -0.381 e. The van der Waals surface area contributed by atoms with Crippen molar-refractivity contribution in [3.63, 3.8) is 0 Å². The molecule has 1 aromatic carbocycles. The molecule has 12 heteroatoms. The highest BCUT2D eigenvalue weighted by molar-refractivity contribution is 7.89. The molecule has 32 heavy (non-hydrogen) atoms. The Morgan fingerprint density at radius 2 is 1.69 bits per heavy atom. The number of benzene rings is 1. The average molecular weight is 488 g/mol. The van der Waals surface area contributed by atoms with Gasteiger partial charge in [-0.25, -0.2) is 13.1 Å². The van der Waals surface area contributed by atoms with E-state index in [4.69, 9.17) is 0 Å². The van der Waals surface area contributed by atoms with Crippen molar-refractivity contribution in [3.8, 4) is 0 Å². The van der Waals surface area contributed by atoms with Crippen LogP contribution < -0.4 is 10.0 Å². The summed E-state index contributed by atoms with van der Waals surface area (Å²) in [5.74, 6) is 0. The first-order valence-corrected chi connectivity index (χ1v) is 12.0. The van der Waals surface area contributed by atoms with E-state index in [-0.39, 0.29) is 11.7 Å². The molecule has 0 spiro atoms. The second kappa shape index (κ2) is 9.38. The molecule has 1 aliphatic heterocycles. The van der Waals surface area contributed by atoms with Gasteiger partial charge in [-0.2, -0.15) is 26.3 Å². The number of sulfonamides is 1. The largest absolute Gasteiger partial charge is 0.416 e. The number of nitrogens with zero attached hydrogens (tertiary/aromatic N) is 1. The number of likely N-dealkylation sites (tertiary alicyclic amines) is 1. The van der Waals surface area contributed by atoms with Gasteiger partial charge in [0, 0.05) is 37.6 Å². The number of hydrogen-bond acceptors (Lipinski definition) is 4. The predicted molar refractivity (Wildman–Crippen MR) is 108 cm³/mol. The van der Waals surface area contributed by atoms with Crippen LogP contribution in [-0.4, -0.2) is 50.7 Å². The fraction of sp³-hybridized carbons (Fsp3) is 0.700. The lowest BCUT2D eigenvalue weighted by atomic mass is 10.0. The van der Waals surface area contributed by atoms with Gasteiger partial charge in [0.15, 0.2) is 0 Å². The second-order valence-corrected chi connectivity index (χ2v) is 10.3. The van der Waals surface area contributed by atoms with Crippen molar-refractivity contribution >= 4 is 15.7 Å². The van der Waals surface area contributed by atoms with Gasteiger partial charge in [-0.05, 0) is 57.2 Å². The molecular weight excluding hydrogens is 460 g/mol. The average Bonchev–Trinajstić information content (AvgIpc) is 3.51. The van der Waals surface area contributed by atoms with Crippen molar-refractivity contribution in [2.24, 2.45) is 0 Å². The van der Waals surface area contributed by atoms with Crippen molar-refractivity contribution in [2.45, 2.75) is 80.8 Å². The Morgan fingerprint density at radius 3 is 2.22 bits per heavy atom. The predicted octanol–water partition coefficient (Wildman–Crippen LogP) is 4.75. The summed E-state index contributed by atoms with van der Waals surface area (Å²) in [5.41, 5.74) is -1.13. The molecule has 182 valence electrons. The van der Waals surface area contributed by atoms with E-state index in [0.717, 1.165) is 38.1 Å². The van der Waals surface area contributed by atoms with Crippen molar-refractivity contribution < 1.29 is 34.8 Å². The standard InChI is InChI=1S/C20H27F6N3O2S/c1-13(6-9-19(21,22)23)28-32(30,31)18-12-14(20(24,25)26)2-5-17(18)27-15-7-10-29(11-8-15)16-3-4-16/h2,5,12-13,15-16,27-28H,3-4,6-11H2,1H3. The van der Waals surface area contributed by atoms with Gasteiger partial charge in [0.05, 0.1) is 11.3 Å². The summed E-state index contributed by atoms with van der Waals surface area (Å²) in [6.45, 7) is 2.88. The Kier molecular flexibility index (Phi) is 7.36. The van der Waals surface area contributed by atoms with Crippen LogP contribution in [0.25, 0.3) is 0 Å². The Bertz CT molecular complexity index is 892. The minimum absolute atomic E-state index is 0.0124. The first-order chi connectivity index (χ1) is 14.7. The van der Waals surface area contributed by atoms with Crippen LogP contribution in [0.3, 0.4) is 0 Å². The summed E-state index contributed by atoms with van der Waals surface area (Å²) < 4.78 is 105. The lowest BCUT2D eigenvalue weighted by molar-refractivity contribution is -0.138. The van der Waals surface area contributed by atoms with Gasteiger partial charge in [-0.15, -0.1) is 0 Å². The zero-order chi connectivity index (χ0) is 23.7. The molecule has 0 amide bonds. The van der Waals surface area contributed by atoms with Crippen molar-refractivity contribution in [3.05, 3.63) is 23.8 Å². The maximum absolute atomic E-state index is 13.2. The summed E-state index contributed by atoms with van der Waals surface area (Å²) in [7, 11) is -4.50. The molecule has 1 saturated heterocycles. The highest BCUT2D eigenvalue weighted by Gasteiger charge is 2.35. The summed E-state index contributed by atoms with van der Waals surface area (Å²) >= 11 is 0. The third-order valence-electron chi connectivity index (χ3n) is 5.77. The van der Waals surface area contributed by atoms with Gasteiger partial charge in [0.1, 0.15) is 4.90 Å². The highest BCUT2D eigenvalue weighted by atomic mass is 32.2. The monoisotopic (exact) mass is 487 g/mol. The number of rotatable bonds is 8. The van der Waals surface area contributed by atoms with E-state index in [2.05, 4.69) is 14.9 Å². The van der Waals surface area contributed by atoms with Gasteiger partial charge in [0.2, 0.25) is 10.0 Å². The maximum Gasteiger partial charge on any atom is 0.416 e. The quantitative estimate of drug-likeness (QED) is 0.520. The molecule has 1 saturated carbocycles. The number of piperidine rings is 1. The van der Waals surface area contributed by atoms with Crippen LogP contribution >= 0.6 is 0 Å². The molecule has 0 bridgehead atoms. The van der Waals surface area contributed by atoms with E-state index in [1.807, 2.05) is 0 Å². The van der Waals surface area contributed by atoms with Crippen LogP contribution in [0.1, 0.15) is 51.0 Å². The number of hydrogen-bond donors (Lipinski definition) is 2. The van der Waals surface area contributed by atoms with E-state index >= 15 is 0 Å². The Balaban J connectivity index is 1.78. The molecule has 5 nitrogen and oxygen atoms in total. The molecule has 2 fully saturated rings. The van der Waals surface area contributed by atoms with Gasteiger partial charge >= 0.3 is 12.4 Å². The smallest absolute Gasteiger partial charge is 0.381 e.